The van der Waals surface area contributed by atoms with Crippen molar-refractivity contribution in [2.45, 2.75) is 78.7 Å². The molecule has 0 saturated carbocycles. The summed E-state index contributed by atoms with van der Waals surface area (Å²) in [7, 11) is 0. The Bertz CT molecular complexity index is 2130. The van der Waals surface area contributed by atoms with E-state index in [1.807, 2.05) is 24.3 Å². The molecule has 312 valence electrons. The number of hydrazine groups is 1. The van der Waals surface area contributed by atoms with E-state index in [1.165, 1.54) is 6.20 Å². The molecule has 1 unspecified atom stereocenters. The van der Waals surface area contributed by atoms with Gasteiger partial charge < -0.3 is 35.7 Å². The molecule has 2 aliphatic rings. The lowest BCUT2D eigenvalue weighted by Gasteiger charge is -2.33. The molecule has 0 spiro atoms. The van der Waals surface area contributed by atoms with Gasteiger partial charge in [-0.2, -0.15) is 10.4 Å². The lowest BCUT2D eigenvalue weighted by atomic mass is 9.93. The highest BCUT2D eigenvalue weighted by molar-refractivity contribution is 6.32. The summed E-state index contributed by atoms with van der Waals surface area (Å²) in [6.45, 7) is 12.1. The minimum atomic E-state index is 0.0472. The van der Waals surface area contributed by atoms with E-state index in [1.54, 1.807) is 19.2 Å². The van der Waals surface area contributed by atoms with Gasteiger partial charge in [0, 0.05) is 81.2 Å². The second-order valence-corrected chi connectivity index (χ2v) is 15.8. The summed E-state index contributed by atoms with van der Waals surface area (Å²) in [6.07, 6.45) is 8.01. The maximum Gasteiger partial charge on any atom is 0.217 e. The average molecular weight is 822 g/mol. The molecule has 1 amide bonds. The first-order valence-corrected chi connectivity index (χ1v) is 20.7. The van der Waals surface area contributed by atoms with Gasteiger partial charge in [-0.1, -0.05) is 41.9 Å². The Kier molecular flexibility index (Phi) is 15.4. The number of hydrogen-bond acceptors (Lipinski definition) is 11. The average Bonchev–Trinajstić information content (AvgIpc) is 3.24. The summed E-state index contributed by atoms with van der Waals surface area (Å²) in [5.41, 5.74) is 10.2. The Morgan fingerprint density at radius 3 is 2.44 bits per heavy atom. The molecular weight excluding hydrogens is 766 g/mol. The van der Waals surface area contributed by atoms with Crippen molar-refractivity contribution < 1.29 is 19.0 Å². The highest BCUT2D eigenvalue weighted by Crippen LogP contribution is 2.37. The zero-order valence-electron chi connectivity index (χ0n) is 34.3. The number of carbonyl (C=O) groups is 1. The summed E-state index contributed by atoms with van der Waals surface area (Å²) < 4.78 is 19.2. The third-order valence-electron chi connectivity index (χ3n) is 11.3. The summed E-state index contributed by atoms with van der Waals surface area (Å²) in [5.74, 6) is 14.0. The molecule has 1 atom stereocenters. The zero-order chi connectivity index (χ0) is 41.7. The number of aromatic nitrogens is 1. The van der Waals surface area contributed by atoms with E-state index in [0.717, 1.165) is 110 Å². The number of amides is 1. The largest absolute Gasteiger partial charge is 0.493 e. The zero-order valence-corrected chi connectivity index (χ0v) is 35.1. The van der Waals surface area contributed by atoms with Gasteiger partial charge in [-0.05, 0) is 98.5 Å². The number of rotatable bonds is 16. The van der Waals surface area contributed by atoms with Crippen LogP contribution in [0.4, 0.5) is 0 Å². The van der Waals surface area contributed by atoms with Gasteiger partial charge >= 0.3 is 0 Å². The molecule has 0 aliphatic carbocycles. The van der Waals surface area contributed by atoms with Crippen molar-refractivity contribution in [3.63, 3.8) is 0 Å². The van der Waals surface area contributed by atoms with Crippen LogP contribution in [0.5, 0.6) is 17.2 Å². The molecule has 0 radical (unpaired) electrons. The van der Waals surface area contributed by atoms with Gasteiger partial charge in [-0.15, -0.1) is 0 Å². The number of nitriles is 1. The fourth-order valence-electron chi connectivity index (χ4n) is 8.07. The van der Waals surface area contributed by atoms with E-state index in [9.17, 15) is 10.1 Å². The summed E-state index contributed by atoms with van der Waals surface area (Å²) in [5, 5.41) is 16.8. The van der Waals surface area contributed by atoms with Crippen LogP contribution in [0, 0.1) is 31.1 Å². The topological polar surface area (TPSA) is 176 Å². The number of ether oxygens (including phenoxy) is 3. The van der Waals surface area contributed by atoms with Gasteiger partial charge in [0.1, 0.15) is 42.4 Å². The Hall–Kier alpha value is -5.39. The molecular formula is C45H56ClN9O4. The van der Waals surface area contributed by atoms with Crippen molar-refractivity contribution in [2.75, 3.05) is 39.3 Å². The molecule has 59 heavy (non-hydrogen) atoms. The molecule has 3 heterocycles. The van der Waals surface area contributed by atoms with Gasteiger partial charge in [-0.3, -0.25) is 14.7 Å². The minimum absolute atomic E-state index is 0.0472. The van der Waals surface area contributed by atoms with E-state index < -0.39 is 0 Å². The highest BCUT2D eigenvalue weighted by atomic mass is 35.5. The number of pyridine rings is 1. The van der Waals surface area contributed by atoms with E-state index in [0.29, 0.717) is 47.7 Å². The minimum Gasteiger partial charge on any atom is -0.493 e. The Labute approximate surface area is 352 Å². The number of nitrogens with two attached hydrogens (primary N) is 2. The molecule has 2 saturated heterocycles. The van der Waals surface area contributed by atoms with Crippen LogP contribution in [0.25, 0.3) is 11.1 Å². The molecule has 4 aromatic rings. The van der Waals surface area contributed by atoms with Gasteiger partial charge in [-0.25, -0.2) is 5.84 Å². The first-order chi connectivity index (χ1) is 28.6. The number of hydrazone groups is 1. The number of nitrogens with one attached hydrogen (secondary N) is 2. The summed E-state index contributed by atoms with van der Waals surface area (Å²) in [6, 6.07) is 20.4. The Morgan fingerprint density at radius 1 is 0.932 bits per heavy atom. The fourth-order valence-corrected chi connectivity index (χ4v) is 8.31. The van der Waals surface area contributed by atoms with Crippen LogP contribution in [0.15, 0.2) is 72.1 Å². The van der Waals surface area contributed by atoms with Gasteiger partial charge in [0.15, 0.2) is 0 Å². The lowest BCUT2D eigenvalue weighted by molar-refractivity contribution is -0.119. The molecule has 0 bridgehead atoms. The third kappa shape index (κ3) is 11.6. The molecule has 6 rings (SSSR count). The second kappa shape index (κ2) is 21.0. The van der Waals surface area contributed by atoms with E-state index in [2.05, 4.69) is 74.8 Å². The van der Waals surface area contributed by atoms with Crippen LogP contribution in [-0.2, 0) is 24.6 Å². The number of halogens is 1. The van der Waals surface area contributed by atoms with Crippen molar-refractivity contribution in [2.24, 2.45) is 22.7 Å². The molecule has 14 heteroatoms. The van der Waals surface area contributed by atoms with Crippen molar-refractivity contribution in [1.82, 2.24) is 25.5 Å². The van der Waals surface area contributed by atoms with E-state index in [4.69, 9.17) is 37.5 Å². The smallest absolute Gasteiger partial charge is 0.217 e. The molecule has 6 N–H and O–H groups in total. The van der Waals surface area contributed by atoms with Crippen LogP contribution in [-0.4, -0.2) is 71.9 Å². The van der Waals surface area contributed by atoms with Crippen LogP contribution < -0.4 is 36.6 Å². The SMILES string of the molecule is CC(=O)NC1CCN(CCCOc2cccc(-c3cccc(COc4cc(OCc5cncc(C#N)c5)c(CN5CCCC(/C(=N/N)NN)C5)cc4Cl)c3C)c2C)CC1. The predicted octanol–water partition coefficient (Wildman–Crippen LogP) is 6.37. The Morgan fingerprint density at radius 2 is 1.69 bits per heavy atom. The summed E-state index contributed by atoms with van der Waals surface area (Å²) >= 11 is 6.95. The molecule has 13 nitrogen and oxygen atoms in total. The predicted molar refractivity (Wildman–Crippen MR) is 231 cm³/mol. The van der Waals surface area contributed by atoms with Crippen LogP contribution in [0.1, 0.15) is 72.4 Å². The van der Waals surface area contributed by atoms with Gasteiger partial charge in [0.2, 0.25) is 5.91 Å². The summed E-state index contributed by atoms with van der Waals surface area (Å²) in [4.78, 5) is 20.4. The quantitative estimate of drug-likeness (QED) is 0.0325. The third-order valence-corrected chi connectivity index (χ3v) is 11.6. The van der Waals surface area contributed by atoms with Crippen LogP contribution >= 0.6 is 11.6 Å². The molecule has 2 fully saturated rings. The standard InChI is InChI=1S/C45H56ClN9O4/c1-30-36(8-4-10-39(30)40-11-5-12-42(31(40)2)57-19-7-16-54-17-13-38(14-18-54)51-32(3)56)29-59-44-22-43(58-28-34-20-33(23-47)24-50-25-34)37(21-41(44)46)27-55-15-6-9-35(26-55)45(52-48)53-49/h4-5,8,10-12,20-22,24-25,35,38H,6-7,9,13-19,26-29,48-49H2,1-3H3,(H,51,56)(H,52,53). The van der Waals surface area contributed by atoms with Gasteiger partial charge in [0.25, 0.3) is 0 Å². The second-order valence-electron chi connectivity index (χ2n) is 15.4. The normalized spacial score (nSPS) is 16.6. The maximum atomic E-state index is 11.4. The number of nitrogens with zero attached hydrogens (tertiary/aromatic N) is 5. The number of hydrogen-bond donors (Lipinski definition) is 4. The first kappa shape index (κ1) is 43.2. The molecule has 3 aromatic carbocycles. The van der Waals surface area contributed by atoms with Crippen molar-refractivity contribution in [1.29, 1.82) is 5.26 Å². The number of piperidine rings is 2. The van der Waals surface area contributed by atoms with E-state index in [-0.39, 0.29) is 24.5 Å². The maximum absolute atomic E-state index is 11.4. The van der Waals surface area contributed by atoms with Crippen molar-refractivity contribution >= 4 is 23.3 Å². The monoisotopic (exact) mass is 821 g/mol. The van der Waals surface area contributed by atoms with Crippen molar-refractivity contribution in [3.8, 4) is 34.4 Å². The van der Waals surface area contributed by atoms with Crippen molar-refractivity contribution in [3.05, 3.63) is 105 Å². The van der Waals surface area contributed by atoms with Crippen LogP contribution in [0.3, 0.4) is 0 Å². The van der Waals surface area contributed by atoms with E-state index >= 15 is 0 Å². The number of likely N-dealkylation sites (tertiary alicyclic amines) is 2. The number of amidine groups is 1. The fraction of sp³-hybridized carbons (Fsp3) is 0.422. The number of benzene rings is 3. The Balaban J connectivity index is 1.13. The molecule has 1 aromatic heterocycles. The highest BCUT2D eigenvalue weighted by Gasteiger charge is 2.26. The first-order valence-electron chi connectivity index (χ1n) is 20.3. The lowest BCUT2D eigenvalue weighted by Crippen LogP contribution is -2.45. The number of carbonyl (C=O) groups excluding carboxylic acids is 1. The molecule has 2 aliphatic heterocycles. The van der Waals surface area contributed by atoms with Crippen LogP contribution in [0.2, 0.25) is 5.02 Å². The van der Waals surface area contributed by atoms with Gasteiger partial charge in [0.05, 0.1) is 17.2 Å².